The highest BCUT2D eigenvalue weighted by molar-refractivity contribution is 5.88. The second kappa shape index (κ2) is 7.13. The normalized spacial score (nSPS) is 11.6. The number of amides is 2. The van der Waals surface area contributed by atoms with Gasteiger partial charge in [0.25, 0.3) is 0 Å². The number of aliphatic carboxylic acids is 1. The topological polar surface area (TPSA) is 136 Å². The van der Waals surface area contributed by atoms with Crippen molar-refractivity contribution >= 4 is 23.5 Å². The van der Waals surface area contributed by atoms with Gasteiger partial charge in [-0.3, -0.25) is 9.59 Å². The number of nitrogen functional groups attached to an aromatic ring is 1. The third-order valence-corrected chi connectivity index (χ3v) is 2.63. The van der Waals surface area contributed by atoms with Crippen LogP contribution in [-0.2, 0) is 20.8 Å². The minimum absolute atomic E-state index is 0.103. The number of primary amides is 1. The van der Waals surface area contributed by atoms with E-state index in [4.69, 9.17) is 16.6 Å². The lowest BCUT2D eigenvalue weighted by Gasteiger charge is -2.12. The number of nitrogens with two attached hydrogens (primary N) is 2. The highest BCUT2D eigenvalue weighted by Crippen LogP contribution is 2.08. The maximum Gasteiger partial charge on any atom is 0.326 e. The number of rotatable bonds is 7. The molecule has 2 amide bonds. The van der Waals surface area contributed by atoms with Crippen LogP contribution in [0.3, 0.4) is 0 Å². The van der Waals surface area contributed by atoms with Crippen molar-refractivity contribution in [1.82, 2.24) is 5.32 Å². The molecule has 7 nitrogen and oxygen atoms in total. The van der Waals surface area contributed by atoms with Crippen LogP contribution in [0.2, 0.25) is 0 Å². The van der Waals surface area contributed by atoms with E-state index in [0.29, 0.717) is 12.1 Å². The van der Waals surface area contributed by atoms with Gasteiger partial charge >= 0.3 is 5.97 Å². The predicted molar refractivity (Wildman–Crippen MR) is 72.6 cm³/mol. The van der Waals surface area contributed by atoms with E-state index in [-0.39, 0.29) is 6.42 Å². The molecule has 0 heterocycles. The van der Waals surface area contributed by atoms with E-state index >= 15 is 0 Å². The third kappa shape index (κ3) is 5.38. The van der Waals surface area contributed by atoms with Crippen LogP contribution in [0.5, 0.6) is 0 Å². The SMILES string of the molecule is NC(=O)C[C@@H](NC(=O)CCc1cccc(N)c1)C(=O)O. The van der Waals surface area contributed by atoms with Gasteiger partial charge in [0.2, 0.25) is 11.8 Å². The van der Waals surface area contributed by atoms with Gasteiger partial charge in [-0.1, -0.05) is 12.1 Å². The van der Waals surface area contributed by atoms with Crippen molar-refractivity contribution < 1.29 is 19.5 Å². The molecule has 1 aromatic carbocycles. The summed E-state index contributed by atoms with van der Waals surface area (Å²) < 4.78 is 0. The van der Waals surface area contributed by atoms with Crippen molar-refractivity contribution in [3.8, 4) is 0 Å². The Kier molecular flexibility index (Phi) is 5.52. The molecule has 0 radical (unpaired) electrons. The van der Waals surface area contributed by atoms with Crippen LogP contribution in [0.25, 0.3) is 0 Å². The Labute approximate surface area is 115 Å². The van der Waals surface area contributed by atoms with Crippen LogP contribution in [0.1, 0.15) is 18.4 Å². The van der Waals surface area contributed by atoms with E-state index < -0.39 is 30.2 Å². The van der Waals surface area contributed by atoms with Crippen LogP contribution in [0.15, 0.2) is 24.3 Å². The van der Waals surface area contributed by atoms with Gasteiger partial charge in [-0.05, 0) is 24.1 Å². The number of carboxylic acids is 1. The van der Waals surface area contributed by atoms with E-state index in [0.717, 1.165) is 5.56 Å². The summed E-state index contributed by atoms with van der Waals surface area (Å²) >= 11 is 0. The molecule has 108 valence electrons. The zero-order valence-corrected chi connectivity index (χ0v) is 10.8. The lowest BCUT2D eigenvalue weighted by atomic mass is 10.1. The summed E-state index contributed by atoms with van der Waals surface area (Å²) in [5.74, 6) is -2.53. The Hall–Kier alpha value is -2.57. The first kappa shape index (κ1) is 15.5. The number of aryl methyl sites for hydroxylation is 1. The van der Waals surface area contributed by atoms with Crippen molar-refractivity contribution in [3.63, 3.8) is 0 Å². The Bertz CT molecular complexity index is 516. The van der Waals surface area contributed by atoms with Gasteiger partial charge in [0.1, 0.15) is 6.04 Å². The van der Waals surface area contributed by atoms with Gasteiger partial charge < -0.3 is 21.9 Å². The molecule has 0 aliphatic heterocycles. The zero-order chi connectivity index (χ0) is 15.1. The van der Waals surface area contributed by atoms with E-state index in [2.05, 4.69) is 5.32 Å². The molecular formula is C13H17N3O4. The Balaban J connectivity index is 2.49. The second-order valence-electron chi connectivity index (χ2n) is 4.37. The molecule has 20 heavy (non-hydrogen) atoms. The highest BCUT2D eigenvalue weighted by atomic mass is 16.4. The number of carbonyl (C=O) groups excluding carboxylic acids is 2. The molecule has 0 spiro atoms. The maximum atomic E-state index is 11.6. The molecular weight excluding hydrogens is 262 g/mol. The molecule has 1 atom stereocenters. The van der Waals surface area contributed by atoms with E-state index in [9.17, 15) is 14.4 Å². The van der Waals surface area contributed by atoms with Crippen LogP contribution in [0, 0.1) is 0 Å². The van der Waals surface area contributed by atoms with Gasteiger partial charge in [-0.25, -0.2) is 4.79 Å². The summed E-state index contributed by atoms with van der Waals surface area (Å²) in [7, 11) is 0. The van der Waals surface area contributed by atoms with Gasteiger partial charge in [0.05, 0.1) is 6.42 Å². The fourth-order valence-electron chi connectivity index (χ4n) is 1.67. The van der Waals surface area contributed by atoms with Gasteiger partial charge in [-0.2, -0.15) is 0 Å². The third-order valence-electron chi connectivity index (χ3n) is 2.63. The van der Waals surface area contributed by atoms with Gasteiger partial charge in [-0.15, -0.1) is 0 Å². The first-order valence-electron chi connectivity index (χ1n) is 6.03. The smallest absolute Gasteiger partial charge is 0.326 e. The van der Waals surface area contributed by atoms with Crippen molar-refractivity contribution in [2.24, 2.45) is 5.73 Å². The molecule has 6 N–H and O–H groups in total. The lowest BCUT2D eigenvalue weighted by Crippen LogP contribution is -2.43. The number of benzene rings is 1. The standard InChI is InChI=1S/C13H17N3O4/c14-9-3-1-2-8(6-9)4-5-12(18)16-10(13(19)20)7-11(15)17/h1-3,6,10H,4-5,7,14H2,(H2,15,17)(H,16,18)(H,19,20)/t10-/m1/s1. The summed E-state index contributed by atoms with van der Waals surface area (Å²) in [5.41, 5.74) is 12.0. The van der Waals surface area contributed by atoms with E-state index in [1.165, 1.54) is 0 Å². The van der Waals surface area contributed by atoms with Crippen LogP contribution >= 0.6 is 0 Å². The lowest BCUT2D eigenvalue weighted by molar-refractivity contribution is -0.143. The summed E-state index contributed by atoms with van der Waals surface area (Å²) in [6, 6.07) is 5.78. The van der Waals surface area contributed by atoms with Crippen molar-refractivity contribution in [2.75, 3.05) is 5.73 Å². The molecule has 1 rings (SSSR count). The van der Waals surface area contributed by atoms with Crippen molar-refractivity contribution in [1.29, 1.82) is 0 Å². The fourth-order valence-corrected chi connectivity index (χ4v) is 1.67. The van der Waals surface area contributed by atoms with Gasteiger partial charge in [0.15, 0.2) is 0 Å². The number of hydrogen-bond acceptors (Lipinski definition) is 4. The summed E-state index contributed by atoms with van der Waals surface area (Å²) in [5, 5.41) is 11.1. The molecule has 0 fully saturated rings. The highest BCUT2D eigenvalue weighted by Gasteiger charge is 2.21. The maximum absolute atomic E-state index is 11.6. The molecule has 0 aliphatic rings. The average molecular weight is 279 g/mol. The molecule has 0 unspecified atom stereocenters. The first-order chi connectivity index (χ1) is 9.38. The van der Waals surface area contributed by atoms with Crippen molar-refractivity contribution in [3.05, 3.63) is 29.8 Å². The van der Waals surface area contributed by atoms with E-state index in [1.807, 2.05) is 6.07 Å². The number of nitrogens with one attached hydrogen (secondary N) is 1. The average Bonchev–Trinajstić information content (AvgIpc) is 2.35. The fraction of sp³-hybridized carbons (Fsp3) is 0.308. The molecule has 0 bridgehead atoms. The Morgan fingerprint density at radius 1 is 1.30 bits per heavy atom. The monoisotopic (exact) mass is 279 g/mol. The van der Waals surface area contributed by atoms with Crippen molar-refractivity contribution in [2.45, 2.75) is 25.3 Å². The molecule has 0 aliphatic carbocycles. The van der Waals surface area contributed by atoms with Crippen LogP contribution in [0.4, 0.5) is 5.69 Å². The summed E-state index contributed by atoms with van der Waals surface area (Å²) in [6.07, 6.45) is 0.102. The predicted octanol–water partition coefficient (Wildman–Crippen LogP) is -0.354. The minimum Gasteiger partial charge on any atom is -0.480 e. The molecule has 1 aromatic rings. The number of hydrogen-bond donors (Lipinski definition) is 4. The van der Waals surface area contributed by atoms with E-state index in [1.54, 1.807) is 18.2 Å². The summed E-state index contributed by atoms with van der Waals surface area (Å²) in [4.78, 5) is 33.2. The van der Waals surface area contributed by atoms with Crippen LogP contribution < -0.4 is 16.8 Å². The molecule has 0 aromatic heterocycles. The quantitative estimate of drug-likeness (QED) is 0.506. The molecule has 7 heteroatoms. The van der Waals surface area contributed by atoms with Gasteiger partial charge in [0, 0.05) is 12.1 Å². The number of carboxylic acid groups (broad SMARTS) is 1. The summed E-state index contributed by atoms with van der Waals surface area (Å²) in [6.45, 7) is 0. The zero-order valence-electron chi connectivity index (χ0n) is 10.8. The molecule has 0 saturated carbocycles. The Morgan fingerprint density at radius 2 is 2.00 bits per heavy atom. The number of anilines is 1. The number of carbonyl (C=O) groups is 3. The second-order valence-corrected chi connectivity index (χ2v) is 4.37. The molecule has 0 saturated heterocycles. The minimum atomic E-state index is -1.29. The first-order valence-corrected chi connectivity index (χ1v) is 6.03. The largest absolute Gasteiger partial charge is 0.480 e. The Morgan fingerprint density at radius 3 is 2.55 bits per heavy atom. The van der Waals surface area contributed by atoms with Crippen LogP contribution in [-0.4, -0.2) is 28.9 Å².